The van der Waals surface area contributed by atoms with Gasteiger partial charge in [0.05, 0.1) is 7.11 Å². The van der Waals surface area contributed by atoms with E-state index in [2.05, 4.69) is 11.2 Å². The van der Waals surface area contributed by atoms with Gasteiger partial charge in [0.15, 0.2) is 11.5 Å². The molecule has 0 atom stereocenters. The summed E-state index contributed by atoms with van der Waals surface area (Å²) in [7, 11) is 1.57. The van der Waals surface area contributed by atoms with E-state index >= 15 is 0 Å². The van der Waals surface area contributed by atoms with Crippen LogP contribution in [0.4, 0.5) is 0 Å². The van der Waals surface area contributed by atoms with Gasteiger partial charge >= 0.3 is 0 Å². The quantitative estimate of drug-likeness (QED) is 0.486. The highest BCUT2D eigenvalue weighted by Gasteiger charge is 2.08. The number of rotatable bonds is 10. The van der Waals surface area contributed by atoms with Crippen LogP contribution < -0.4 is 19.5 Å². The predicted octanol–water partition coefficient (Wildman–Crippen LogP) is 4.75. The third-order valence-electron chi connectivity index (χ3n) is 4.55. The molecular formula is C26H25NO4. The van der Waals surface area contributed by atoms with E-state index in [0.29, 0.717) is 30.9 Å². The fraction of sp³-hybridized carbons (Fsp3) is 0.192. The molecular weight excluding hydrogens is 390 g/mol. The number of nitrogens with one attached hydrogen (secondary N) is 1. The molecule has 31 heavy (non-hydrogen) atoms. The minimum atomic E-state index is -0.0268. The predicted molar refractivity (Wildman–Crippen MR) is 120 cm³/mol. The van der Waals surface area contributed by atoms with E-state index in [1.54, 1.807) is 7.11 Å². The normalized spacial score (nSPS) is 10.1. The Morgan fingerprint density at radius 3 is 2.52 bits per heavy atom. The van der Waals surface area contributed by atoms with E-state index < -0.39 is 0 Å². The van der Waals surface area contributed by atoms with E-state index in [4.69, 9.17) is 20.6 Å². The maximum Gasteiger partial charge on any atom is 0.220 e. The summed E-state index contributed by atoms with van der Waals surface area (Å²) < 4.78 is 16.6. The standard InChI is InChI=1S/C26H25NO4/c1-3-16-30-24-14-12-20(18-25(24)29-2)13-15-26(28)27-19-21-8-7-11-23(17-21)31-22-9-5-4-6-10-22/h1,4-12,14,17-18H,13,15-16,19H2,2H3,(H,27,28). The molecule has 1 amide bonds. The number of hydrogen-bond acceptors (Lipinski definition) is 4. The number of carbonyl (C=O) groups is 1. The molecule has 0 aliphatic carbocycles. The van der Waals surface area contributed by atoms with Crippen molar-refractivity contribution in [3.8, 4) is 35.3 Å². The Hall–Kier alpha value is -3.91. The van der Waals surface area contributed by atoms with Crippen LogP contribution in [0, 0.1) is 12.3 Å². The van der Waals surface area contributed by atoms with Crippen molar-refractivity contribution >= 4 is 5.91 Å². The SMILES string of the molecule is C#CCOc1ccc(CCC(=O)NCc2cccc(Oc3ccccc3)c2)cc1OC. The molecule has 0 spiro atoms. The molecule has 0 unspecified atom stereocenters. The molecule has 0 heterocycles. The highest BCUT2D eigenvalue weighted by Crippen LogP contribution is 2.28. The van der Waals surface area contributed by atoms with Gasteiger partial charge in [-0.25, -0.2) is 0 Å². The molecule has 3 aromatic carbocycles. The Bertz CT molecular complexity index is 1040. The summed E-state index contributed by atoms with van der Waals surface area (Å²) in [6, 6.07) is 22.9. The van der Waals surface area contributed by atoms with Crippen molar-refractivity contribution in [1.29, 1.82) is 0 Å². The smallest absolute Gasteiger partial charge is 0.220 e. The number of benzene rings is 3. The minimum absolute atomic E-state index is 0.0268. The van der Waals surface area contributed by atoms with Crippen LogP contribution in [0.3, 0.4) is 0 Å². The summed E-state index contributed by atoms with van der Waals surface area (Å²) in [5.41, 5.74) is 1.96. The lowest BCUT2D eigenvalue weighted by Gasteiger charge is -2.11. The summed E-state index contributed by atoms with van der Waals surface area (Å²) in [5, 5.41) is 2.96. The maximum atomic E-state index is 12.3. The molecule has 0 radical (unpaired) electrons. The summed E-state index contributed by atoms with van der Waals surface area (Å²) in [6.07, 6.45) is 6.19. The number of terminal acetylenes is 1. The van der Waals surface area contributed by atoms with E-state index in [-0.39, 0.29) is 12.5 Å². The molecule has 3 rings (SSSR count). The average molecular weight is 415 g/mol. The fourth-order valence-electron chi connectivity index (χ4n) is 3.00. The molecule has 0 aliphatic rings. The van der Waals surface area contributed by atoms with Gasteiger partial charge in [-0.1, -0.05) is 42.3 Å². The lowest BCUT2D eigenvalue weighted by atomic mass is 10.1. The molecule has 0 aliphatic heterocycles. The topological polar surface area (TPSA) is 56.8 Å². The van der Waals surface area contributed by atoms with Gasteiger partial charge in [0.2, 0.25) is 5.91 Å². The van der Waals surface area contributed by atoms with E-state index in [9.17, 15) is 4.79 Å². The van der Waals surface area contributed by atoms with Crippen molar-refractivity contribution < 1.29 is 19.0 Å². The lowest BCUT2D eigenvalue weighted by Crippen LogP contribution is -2.23. The van der Waals surface area contributed by atoms with Crippen molar-refractivity contribution in [2.45, 2.75) is 19.4 Å². The van der Waals surface area contributed by atoms with Gasteiger partial charge in [-0.15, -0.1) is 6.42 Å². The number of hydrogen-bond donors (Lipinski definition) is 1. The molecule has 1 N–H and O–H groups in total. The third-order valence-corrected chi connectivity index (χ3v) is 4.55. The first kappa shape index (κ1) is 21.8. The fourth-order valence-corrected chi connectivity index (χ4v) is 3.00. The first-order chi connectivity index (χ1) is 15.2. The molecule has 0 fully saturated rings. The Labute approximate surface area is 183 Å². The van der Waals surface area contributed by atoms with Crippen LogP contribution >= 0.6 is 0 Å². The van der Waals surface area contributed by atoms with E-state index in [1.165, 1.54) is 0 Å². The van der Waals surface area contributed by atoms with Gasteiger partial charge in [0.1, 0.15) is 18.1 Å². The number of aryl methyl sites for hydroxylation is 1. The van der Waals surface area contributed by atoms with Crippen molar-refractivity contribution in [3.63, 3.8) is 0 Å². The number of para-hydroxylation sites is 1. The maximum absolute atomic E-state index is 12.3. The lowest BCUT2D eigenvalue weighted by molar-refractivity contribution is -0.121. The zero-order valence-electron chi connectivity index (χ0n) is 17.5. The van der Waals surface area contributed by atoms with Gasteiger partial charge in [0.25, 0.3) is 0 Å². The molecule has 0 aromatic heterocycles. The van der Waals surface area contributed by atoms with Crippen molar-refractivity contribution in [2.24, 2.45) is 0 Å². The summed E-state index contributed by atoms with van der Waals surface area (Å²) in [4.78, 5) is 12.3. The van der Waals surface area contributed by atoms with Crippen LogP contribution in [0.15, 0.2) is 72.8 Å². The molecule has 5 heteroatoms. The molecule has 3 aromatic rings. The minimum Gasteiger partial charge on any atom is -0.493 e. The molecule has 5 nitrogen and oxygen atoms in total. The second-order valence-corrected chi connectivity index (χ2v) is 6.82. The van der Waals surface area contributed by atoms with Crippen LogP contribution in [0.5, 0.6) is 23.0 Å². The van der Waals surface area contributed by atoms with Gasteiger partial charge < -0.3 is 19.5 Å². The monoisotopic (exact) mass is 415 g/mol. The highest BCUT2D eigenvalue weighted by molar-refractivity contribution is 5.76. The zero-order chi connectivity index (χ0) is 21.9. The molecule has 0 saturated carbocycles. The second-order valence-electron chi connectivity index (χ2n) is 6.82. The average Bonchev–Trinajstić information content (AvgIpc) is 2.81. The van der Waals surface area contributed by atoms with Crippen LogP contribution in [0.2, 0.25) is 0 Å². The summed E-state index contributed by atoms with van der Waals surface area (Å²) in [6.45, 7) is 0.614. The Morgan fingerprint density at radius 1 is 0.935 bits per heavy atom. The first-order valence-electron chi connectivity index (χ1n) is 9.99. The first-order valence-corrected chi connectivity index (χ1v) is 9.99. The number of amides is 1. The van der Waals surface area contributed by atoms with Crippen molar-refractivity contribution in [3.05, 3.63) is 83.9 Å². The third kappa shape index (κ3) is 6.83. The van der Waals surface area contributed by atoms with E-state index in [1.807, 2.05) is 72.8 Å². The van der Waals surface area contributed by atoms with Crippen LogP contribution in [-0.2, 0) is 17.8 Å². The van der Waals surface area contributed by atoms with Crippen LogP contribution in [-0.4, -0.2) is 19.6 Å². The molecule has 158 valence electrons. The van der Waals surface area contributed by atoms with Crippen LogP contribution in [0.25, 0.3) is 0 Å². The highest BCUT2D eigenvalue weighted by atomic mass is 16.5. The number of carbonyl (C=O) groups excluding carboxylic acids is 1. The van der Waals surface area contributed by atoms with Gasteiger partial charge in [-0.05, 0) is 53.9 Å². The Balaban J connectivity index is 1.49. The van der Waals surface area contributed by atoms with E-state index in [0.717, 1.165) is 22.6 Å². The van der Waals surface area contributed by atoms with Gasteiger partial charge in [0, 0.05) is 13.0 Å². The Morgan fingerprint density at radius 2 is 1.74 bits per heavy atom. The Kier molecular flexibility index (Phi) is 7.96. The summed E-state index contributed by atoms with van der Waals surface area (Å²) >= 11 is 0. The van der Waals surface area contributed by atoms with Crippen LogP contribution in [0.1, 0.15) is 17.5 Å². The number of ether oxygens (including phenoxy) is 3. The van der Waals surface area contributed by atoms with Crippen molar-refractivity contribution in [2.75, 3.05) is 13.7 Å². The molecule has 0 bridgehead atoms. The second kappa shape index (κ2) is 11.3. The zero-order valence-corrected chi connectivity index (χ0v) is 17.5. The van der Waals surface area contributed by atoms with Crippen molar-refractivity contribution in [1.82, 2.24) is 5.32 Å². The largest absolute Gasteiger partial charge is 0.493 e. The summed E-state index contributed by atoms with van der Waals surface area (Å²) in [5.74, 6) is 5.10. The number of methoxy groups -OCH3 is 1. The van der Waals surface area contributed by atoms with Gasteiger partial charge in [-0.2, -0.15) is 0 Å². The van der Waals surface area contributed by atoms with Gasteiger partial charge in [-0.3, -0.25) is 4.79 Å². The molecule has 0 saturated heterocycles.